The van der Waals surface area contributed by atoms with Crippen LogP contribution in [-0.2, 0) is 0 Å². The maximum absolute atomic E-state index is 8.88. The summed E-state index contributed by atoms with van der Waals surface area (Å²) in [5.41, 5.74) is 0.886. The number of aliphatic hydroxyl groups is 1. The summed E-state index contributed by atoms with van der Waals surface area (Å²) < 4.78 is 5.46. The average Bonchev–Trinajstić information content (AvgIpc) is 2.17. The van der Waals surface area contributed by atoms with E-state index in [0.717, 1.165) is 11.4 Å². The largest absolute Gasteiger partial charge is 0.484 e. The van der Waals surface area contributed by atoms with Crippen LogP contribution in [0, 0.1) is 0 Å². The highest BCUT2D eigenvalue weighted by Gasteiger charge is 2.17. The lowest BCUT2D eigenvalue weighted by molar-refractivity contribution is 0.120. The lowest BCUT2D eigenvalue weighted by atomic mass is 10.2. The van der Waals surface area contributed by atoms with Gasteiger partial charge in [-0.1, -0.05) is 11.6 Å². The Morgan fingerprint density at radius 1 is 1.62 bits per heavy atom. The van der Waals surface area contributed by atoms with Crippen LogP contribution in [0.5, 0.6) is 5.75 Å². The van der Waals surface area contributed by atoms with Crippen LogP contribution in [0.1, 0.15) is 0 Å². The number of hydrogen-bond acceptors (Lipinski definition) is 3. The van der Waals surface area contributed by atoms with E-state index in [4.69, 9.17) is 21.4 Å². The van der Waals surface area contributed by atoms with Gasteiger partial charge in [0.2, 0.25) is 0 Å². The van der Waals surface area contributed by atoms with Crippen LogP contribution < -0.4 is 10.1 Å². The third-order valence-corrected chi connectivity index (χ3v) is 2.19. The number of benzene rings is 1. The van der Waals surface area contributed by atoms with Crippen molar-refractivity contribution in [2.75, 3.05) is 18.5 Å². The predicted molar refractivity (Wildman–Crippen MR) is 51.4 cm³/mol. The van der Waals surface area contributed by atoms with Gasteiger partial charge >= 0.3 is 0 Å². The van der Waals surface area contributed by atoms with Crippen molar-refractivity contribution < 1.29 is 9.84 Å². The molecule has 0 aliphatic carbocycles. The Kier molecular flexibility index (Phi) is 2.29. The summed E-state index contributed by atoms with van der Waals surface area (Å²) in [5.74, 6) is 0.745. The first kappa shape index (κ1) is 8.66. The number of hydrogen-bond donors (Lipinski definition) is 2. The molecule has 3 nitrogen and oxygen atoms in total. The van der Waals surface area contributed by atoms with Crippen molar-refractivity contribution in [1.82, 2.24) is 0 Å². The van der Waals surface area contributed by atoms with Crippen LogP contribution in [0.4, 0.5) is 5.69 Å². The standard InChI is InChI=1S/C9H10ClNO2/c10-6-1-2-9-8(3-6)11-4-7(5-12)13-9/h1-3,7,11-12H,4-5H2/t7-/m1/s1. The first-order valence-electron chi connectivity index (χ1n) is 4.10. The van der Waals surface area contributed by atoms with Crippen LogP contribution in [0.15, 0.2) is 18.2 Å². The first-order chi connectivity index (χ1) is 6.29. The van der Waals surface area contributed by atoms with Crippen molar-refractivity contribution >= 4 is 17.3 Å². The minimum absolute atomic E-state index is 0.0229. The minimum atomic E-state index is -0.159. The van der Waals surface area contributed by atoms with E-state index in [-0.39, 0.29) is 12.7 Å². The molecule has 1 aliphatic heterocycles. The van der Waals surface area contributed by atoms with Gasteiger partial charge in [-0.3, -0.25) is 0 Å². The van der Waals surface area contributed by atoms with Gasteiger partial charge in [0.1, 0.15) is 11.9 Å². The lowest BCUT2D eigenvalue weighted by Crippen LogP contribution is -2.33. The molecular weight excluding hydrogens is 190 g/mol. The van der Waals surface area contributed by atoms with Gasteiger partial charge in [0.15, 0.2) is 0 Å². The topological polar surface area (TPSA) is 41.5 Å². The second kappa shape index (κ2) is 3.44. The Balaban J connectivity index is 2.26. The van der Waals surface area contributed by atoms with Crippen LogP contribution in [0.2, 0.25) is 5.02 Å². The molecule has 1 heterocycles. The van der Waals surface area contributed by atoms with E-state index in [1.807, 2.05) is 6.07 Å². The molecule has 0 aromatic heterocycles. The molecule has 0 unspecified atom stereocenters. The molecule has 0 amide bonds. The molecule has 0 radical (unpaired) electrons. The number of fused-ring (bicyclic) bond motifs is 1. The van der Waals surface area contributed by atoms with Crippen molar-refractivity contribution in [2.45, 2.75) is 6.10 Å². The van der Waals surface area contributed by atoms with Gasteiger partial charge < -0.3 is 15.2 Å². The lowest BCUT2D eigenvalue weighted by Gasteiger charge is -2.25. The number of halogens is 1. The van der Waals surface area contributed by atoms with Gasteiger partial charge in [-0.25, -0.2) is 0 Å². The molecule has 13 heavy (non-hydrogen) atoms. The Hall–Kier alpha value is -0.930. The van der Waals surface area contributed by atoms with Crippen molar-refractivity contribution in [2.24, 2.45) is 0 Å². The highest BCUT2D eigenvalue weighted by atomic mass is 35.5. The van der Waals surface area contributed by atoms with Crippen LogP contribution >= 0.6 is 11.6 Å². The zero-order valence-electron chi connectivity index (χ0n) is 6.96. The second-order valence-electron chi connectivity index (χ2n) is 2.94. The van der Waals surface area contributed by atoms with E-state index in [2.05, 4.69) is 5.32 Å². The second-order valence-corrected chi connectivity index (χ2v) is 3.38. The summed E-state index contributed by atoms with van der Waals surface area (Å²) in [6, 6.07) is 5.37. The van der Waals surface area contributed by atoms with E-state index in [0.29, 0.717) is 11.6 Å². The molecule has 1 aromatic rings. The Bertz CT molecular complexity index is 316. The molecule has 0 fully saturated rings. The zero-order chi connectivity index (χ0) is 9.26. The summed E-state index contributed by atoms with van der Waals surface area (Å²) in [4.78, 5) is 0. The van der Waals surface area contributed by atoms with Gasteiger partial charge in [0.05, 0.1) is 18.8 Å². The summed E-state index contributed by atoms with van der Waals surface area (Å²) in [6.45, 7) is 0.638. The Morgan fingerprint density at radius 3 is 3.23 bits per heavy atom. The number of aliphatic hydroxyl groups excluding tert-OH is 1. The molecule has 70 valence electrons. The van der Waals surface area contributed by atoms with Gasteiger partial charge in [-0.15, -0.1) is 0 Å². The third kappa shape index (κ3) is 1.71. The van der Waals surface area contributed by atoms with Crippen molar-refractivity contribution in [1.29, 1.82) is 0 Å². The van der Waals surface area contributed by atoms with Crippen molar-refractivity contribution in [3.8, 4) is 5.75 Å². The van der Waals surface area contributed by atoms with Gasteiger partial charge in [-0.05, 0) is 18.2 Å². The van der Waals surface area contributed by atoms with Crippen LogP contribution in [0.25, 0.3) is 0 Å². The fraction of sp³-hybridized carbons (Fsp3) is 0.333. The fourth-order valence-electron chi connectivity index (χ4n) is 1.29. The fourth-order valence-corrected chi connectivity index (χ4v) is 1.46. The van der Waals surface area contributed by atoms with E-state index in [1.54, 1.807) is 12.1 Å². The van der Waals surface area contributed by atoms with Crippen LogP contribution in [0.3, 0.4) is 0 Å². The normalized spacial score (nSPS) is 20.0. The number of nitrogens with one attached hydrogen (secondary N) is 1. The van der Waals surface area contributed by atoms with E-state index in [9.17, 15) is 0 Å². The quantitative estimate of drug-likeness (QED) is 0.721. The smallest absolute Gasteiger partial charge is 0.143 e. The molecule has 2 N–H and O–H groups in total. The predicted octanol–water partition coefficient (Wildman–Crippen LogP) is 1.51. The highest BCUT2D eigenvalue weighted by Crippen LogP contribution is 2.31. The molecule has 0 saturated carbocycles. The number of anilines is 1. The Morgan fingerprint density at radius 2 is 2.46 bits per heavy atom. The summed E-state index contributed by atoms with van der Waals surface area (Å²) in [5, 5.41) is 12.7. The summed E-state index contributed by atoms with van der Waals surface area (Å²) >= 11 is 5.80. The van der Waals surface area contributed by atoms with E-state index >= 15 is 0 Å². The SMILES string of the molecule is OC[C@H]1CNc2cc(Cl)ccc2O1. The molecule has 0 saturated heterocycles. The molecular formula is C9H10ClNO2. The summed E-state index contributed by atoms with van der Waals surface area (Å²) in [6.07, 6.45) is -0.159. The molecule has 2 rings (SSSR count). The van der Waals surface area contributed by atoms with Gasteiger partial charge in [0.25, 0.3) is 0 Å². The van der Waals surface area contributed by atoms with Crippen molar-refractivity contribution in [3.63, 3.8) is 0 Å². The van der Waals surface area contributed by atoms with E-state index < -0.39 is 0 Å². The summed E-state index contributed by atoms with van der Waals surface area (Å²) in [7, 11) is 0. The monoisotopic (exact) mass is 199 g/mol. The minimum Gasteiger partial charge on any atom is -0.484 e. The molecule has 0 bridgehead atoms. The molecule has 1 aliphatic rings. The molecule has 1 atom stereocenters. The zero-order valence-corrected chi connectivity index (χ0v) is 7.71. The molecule has 1 aromatic carbocycles. The maximum atomic E-state index is 8.88. The van der Waals surface area contributed by atoms with E-state index in [1.165, 1.54) is 0 Å². The maximum Gasteiger partial charge on any atom is 0.143 e. The van der Waals surface area contributed by atoms with Crippen LogP contribution in [-0.4, -0.2) is 24.4 Å². The number of rotatable bonds is 1. The molecule has 0 spiro atoms. The number of ether oxygens (including phenoxy) is 1. The van der Waals surface area contributed by atoms with Crippen molar-refractivity contribution in [3.05, 3.63) is 23.2 Å². The third-order valence-electron chi connectivity index (χ3n) is 1.96. The average molecular weight is 200 g/mol. The highest BCUT2D eigenvalue weighted by molar-refractivity contribution is 6.30. The van der Waals surface area contributed by atoms with Gasteiger partial charge in [-0.2, -0.15) is 0 Å². The Labute approximate surface area is 81.3 Å². The van der Waals surface area contributed by atoms with Gasteiger partial charge in [0, 0.05) is 5.02 Å². The first-order valence-corrected chi connectivity index (χ1v) is 4.48. The molecule has 4 heteroatoms.